The van der Waals surface area contributed by atoms with E-state index in [0.29, 0.717) is 26.1 Å². The van der Waals surface area contributed by atoms with Gasteiger partial charge in [0.1, 0.15) is 0 Å². The van der Waals surface area contributed by atoms with E-state index in [0.717, 1.165) is 38.5 Å². The predicted octanol–water partition coefficient (Wildman–Crippen LogP) is 3.75. The average Bonchev–Trinajstić information content (AvgIpc) is 3.23. The number of fused-ring (bicyclic) bond motifs is 2. The molecule has 0 aliphatic heterocycles. The van der Waals surface area contributed by atoms with Gasteiger partial charge in [0.15, 0.2) is 0 Å². The number of aromatic nitrogens is 2. The lowest BCUT2D eigenvalue weighted by molar-refractivity contribution is -0.118. The van der Waals surface area contributed by atoms with Gasteiger partial charge in [0.25, 0.3) is 22.2 Å². The summed E-state index contributed by atoms with van der Waals surface area (Å²) in [6, 6.07) is 2.87. The number of carbonyl (C=O) groups is 1. The zero-order valence-corrected chi connectivity index (χ0v) is 21.7. The summed E-state index contributed by atoms with van der Waals surface area (Å²) >= 11 is 0. The van der Waals surface area contributed by atoms with Crippen molar-refractivity contribution < 1.29 is 4.79 Å². The van der Waals surface area contributed by atoms with Gasteiger partial charge in [0.2, 0.25) is 5.91 Å². The van der Waals surface area contributed by atoms with Crippen molar-refractivity contribution in [3.05, 3.63) is 53.5 Å². The number of nitrogens with one attached hydrogen (secondary N) is 1. The van der Waals surface area contributed by atoms with Crippen LogP contribution in [0.5, 0.6) is 0 Å². The lowest BCUT2D eigenvalue weighted by Gasteiger charge is -2.03. The van der Waals surface area contributed by atoms with Crippen LogP contribution < -0.4 is 27.6 Å². The molecule has 2 heterocycles. The molecule has 0 spiro atoms. The standard InChI is InChI=1S/C28H39N3O5/c1-3-4-5-6-7-8-10-13-16-30-25(33)21-18-23-24(19-22(21)26(30)34)28(36)31(27(23)35)17-14-11-9-12-15-29-20(2)32/h18-19H,3-17H2,1-2H3,(H,29,32). The first-order valence-electron chi connectivity index (χ1n) is 13.5. The van der Waals surface area contributed by atoms with Crippen LogP contribution in [-0.2, 0) is 17.9 Å². The van der Waals surface area contributed by atoms with Gasteiger partial charge >= 0.3 is 0 Å². The third kappa shape index (κ3) is 6.59. The Morgan fingerprint density at radius 1 is 0.611 bits per heavy atom. The molecule has 1 N–H and O–H groups in total. The molecule has 0 aliphatic rings. The molecule has 0 aliphatic carbocycles. The van der Waals surface area contributed by atoms with Gasteiger partial charge in [0.05, 0.1) is 21.5 Å². The topological polar surface area (TPSA) is 107 Å². The molecular weight excluding hydrogens is 458 g/mol. The highest BCUT2D eigenvalue weighted by Gasteiger charge is 2.19. The molecule has 0 atom stereocenters. The lowest BCUT2D eigenvalue weighted by Crippen LogP contribution is -2.26. The van der Waals surface area contributed by atoms with Crippen molar-refractivity contribution in [2.24, 2.45) is 0 Å². The summed E-state index contributed by atoms with van der Waals surface area (Å²) in [7, 11) is 0. The number of carbonyl (C=O) groups excluding carboxylic acids is 1. The Morgan fingerprint density at radius 2 is 0.972 bits per heavy atom. The minimum Gasteiger partial charge on any atom is -0.356 e. The molecule has 3 aromatic rings. The van der Waals surface area contributed by atoms with Crippen molar-refractivity contribution in [3.8, 4) is 0 Å². The monoisotopic (exact) mass is 497 g/mol. The van der Waals surface area contributed by atoms with Gasteiger partial charge in [-0.05, 0) is 31.4 Å². The zero-order valence-electron chi connectivity index (χ0n) is 21.7. The Labute approximate surface area is 211 Å². The minimum atomic E-state index is -0.405. The van der Waals surface area contributed by atoms with Gasteiger partial charge in [-0.2, -0.15) is 0 Å². The number of hydrogen-bond acceptors (Lipinski definition) is 5. The van der Waals surface area contributed by atoms with Crippen LogP contribution in [0.4, 0.5) is 0 Å². The van der Waals surface area contributed by atoms with Crippen LogP contribution in [0.1, 0.15) is 90.9 Å². The van der Waals surface area contributed by atoms with Crippen molar-refractivity contribution in [2.75, 3.05) is 6.54 Å². The first-order chi connectivity index (χ1) is 17.4. The molecule has 3 rings (SSSR count). The Hall–Kier alpha value is -3.03. The molecule has 2 aromatic heterocycles. The van der Waals surface area contributed by atoms with E-state index in [4.69, 9.17) is 0 Å². The molecule has 36 heavy (non-hydrogen) atoms. The number of amides is 1. The molecule has 0 fully saturated rings. The summed E-state index contributed by atoms with van der Waals surface area (Å²) in [4.78, 5) is 62.5. The molecule has 0 saturated carbocycles. The van der Waals surface area contributed by atoms with Gasteiger partial charge in [-0.25, -0.2) is 0 Å². The Balaban J connectivity index is 1.65. The molecule has 0 bridgehead atoms. The van der Waals surface area contributed by atoms with E-state index in [-0.39, 0.29) is 38.6 Å². The molecule has 196 valence electrons. The van der Waals surface area contributed by atoms with Gasteiger partial charge in [0, 0.05) is 26.6 Å². The van der Waals surface area contributed by atoms with Gasteiger partial charge in [-0.15, -0.1) is 0 Å². The largest absolute Gasteiger partial charge is 0.356 e. The number of hydrogen-bond donors (Lipinski definition) is 1. The van der Waals surface area contributed by atoms with Crippen LogP contribution in [-0.4, -0.2) is 21.6 Å². The Bertz CT molecular complexity index is 1300. The normalized spacial score (nSPS) is 11.6. The highest BCUT2D eigenvalue weighted by Crippen LogP contribution is 2.15. The van der Waals surface area contributed by atoms with E-state index in [9.17, 15) is 24.0 Å². The predicted molar refractivity (Wildman–Crippen MR) is 145 cm³/mol. The number of rotatable bonds is 16. The fourth-order valence-electron chi connectivity index (χ4n) is 4.90. The maximum Gasteiger partial charge on any atom is 0.261 e. The summed E-state index contributed by atoms with van der Waals surface area (Å²) < 4.78 is 2.46. The summed E-state index contributed by atoms with van der Waals surface area (Å²) in [5.74, 6) is -0.0545. The van der Waals surface area contributed by atoms with Gasteiger partial charge in [-0.1, -0.05) is 64.7 Å². The van der Waals surface area contributed by atoms with Crippen LogP contribution >= 0.6 is 0 Å². The minimum absolute atomic E-state index is 0.0545. The van der Waals surface area contributed by atoms with E-state index in [1.807, 2.05) is 0 Å². The Kier molecular flexibility index (Phi) is 10.2. The second-order valence-electron chi connectivity index (χ2n) is 9.84. The molecule has 8 heteroatoms. The van der Waals surface area contributed by atoms with Crippen LogP contribution in [0.3, 0.4) is 0 Å². The van der Waals surface area contributed by atoms with E-state index < -0.39 is 11.1 Å². The molecular formula is C28H39N3O5. The van der Waals surface area contributed by atoms with Crippen molar-refractivity contribution in [1.82, 2.24) is 14.5 Å². The Morgan fingerprint density at radius 3 is 1.36 bits per heavy atom. The fourth-order valence-corrected chi connectivity index (χ4v) is 4.90. The van der Waals surface area contributed by atoms with Crippen LogP contribution in [0.2, 0.25) is 0 Å². The smallest absolute Gasteiger partial charge is 0.261 e. The second-order valence-corrected chi connectivity index (χ2v) is 9.84. The molecule has 0 unspecified atom stereocenters. The van der Waals surface area contributed by atoms with Crippen LogP contribution in [0, 0.1) is 0 Å². The van der Waals surface area contributed by atoms with Gasteiger partial charge < -0.3 is 5.32 Å². The summed E-state index contributed by atoms with van der Waals surface area (Å²) in [5.41, 5.74) is -1.56. The average molecular weight is 498 g/mol. The SMILES string of the molecule is CCCCCCCCCCn1c(=O)c2cc3c(=O)n(CCCCCCNC(C)=O)c(=O)c3cc2c1=O. The third-order valence-electron chi connectivity index (χ3n) is 6.98. The van der Waals surface area contributed by atoms with E-state index in [2.05, 4.69) is 12.2 Å². The van der Waals surface area contributed by atoms with E-state index >= 15 is 0 Å². The number of benzene rings is 1. The van der Waals surface area contributed by atoms with Gasteiger partial charge in [-0.3, -0.25) is 33.1 Å². The maximum atomic E-state index is 12.9. The number of unbranched alkanes of at least 4 members (excludes halogenated alkanes) is 10. The van der Waals surface area contributed by atoms with Crippen LogP contribution in [0.25, 0.3) is 21.5 Å². The highest BCUT2D eigenvalue weighted by atomic mass is 16.2. The quantitative estimate of drug-likeness (QED) is 0.303. The van der Waals surface area contributed by atoms with Crippen molar-refractivity contribution in [3.63, 3.8) is 0 Å². The summed E-state index contributed by atoms with van der Waals surface area (Å²) in [6.07, 6.45) is 12.2. The molecule has 0 saturated heterocycles. The molecule has 0 radical (unpaired) electrons. The fraction of sp³-hybridized carbons (Fsp3) is 0.607. The van der Waals surface area contributed by atoms with Crippen LogP contribution in [0.15, 0.2) is 31.3 Å². The van der Waals surface area contributed by atoms with E-state index in [1.165, 1.54) is 60.3 Å². The summed E-state index contributed by atoms with van der Waals surface area (Å²) in [6.45, 7) is 4.95. The van der Waals surface area contributed by atoms with Crippen molar-refractivity contribution in [2.45, 2.75) is 104 Å². The highest BCUT2D eigenvalue weighted by molar-refractivity contribution is 5.97. The molecule has 8 nitrogen and oxygen atoms in total. The zero-order chi connectivity index (χ0) is 26.1. The van der Waals surface area contributed by atoms with Crippen molar-refractivity contribution in [1.29, 1.82) is 0 Å². The second kappa shape index (κ2) is 13.3. The third-order valence-corrected chi connectivity index (χ3v) is 6.98. The first kappa shape index (κ1) is 27.6. The first-order valence-corrected chi connectivity index (χ1v) is 13.5. The maximum absolute atomic E-state index is 12.9. The van der Waals surface area contributed by atoms with Crippen molar-refractivity contribution >= 4 is 27.5 Å². The molecule has 1 aromatic carbocycles. The summed E-state index contributed by atoms with van der Waals surface area (Å²) in [5, 5.41) is 3.60. The number of nitrogens with zero attached hydrogens (tertiary/aromatic N) is 2. The lowest BCUT2D eigenvalue weighted by atomic mass is 10.1. The van der Waals surface area contributed by atoms with E-state index in [1.54, 1.807) is 0 Å². The molecule has 1 amide bonds.